The van der Waals surface area contributed by atoms with Crippen molar-refractivity contribution in [1.82, 2.24) is 4.90 Å². The first kappa shape index (κ1) is 21.2. The summed E-state index contributed by atoms with van der Waals surface area (Å²) < 4.78 is 16.2. The fraction of sp³-hybridized carbons (Fsp3) is 0.292. The highest BCUT2D eigenvalue weighted by molar-refractivity contribution is 7.16. The third-order valence-corrected chi connectivity index (χ3v) is 6.61. The molecule has 7 heteroatoms. The van der Waals surface area contributed by atoms with E-state index in [1.54, 1.807) is 12.1 Å². The van der Waals surface area contributed by atoms with Gasteiger partial charge >= 0.3 is 0 Å². The number of hydrogen-bond donors (Lipinski definition) is 1. The number of anilines is 1. The minimum Gasteiger partial charge on any atom is -0.493 e. The fourth-order valence-corrected chi connectivity index (χ4v) is 5.22. The maximum Gasteiger partial charge on any atom is 0.203 e. The standard InChI is InChI=1S/C24H26N2O4S/c1-28-18-11-16(12-19(29-2)23(18)30-3)22(27)21-17-9-10-26(14-20(17)31-24(21)25)13-15-7-5-4-6-8-15/h4-8,11-12H,9-10,13-14,25H2,1-3H3. The Bertz CT molecular complexity index is 1070. The predicted molar refractivity (Wildman–Crippen MR) is 123 cm³/mol. The van der Waals surface area contributed by atoms with Crippen molar-refractivity contribution in [2.24, 2.45) is 0 Å². The number of thiophene rings is 1. The lowest BCUT2D eigenvalue weighted by Gasteiger charge is -2.27. The third kappa shape index (κ3) is 4.11. The van der Waals surface area contributed by atoms with Gasteiger partial charge in [-0.15, -0.1) is 11.3 Å². The van der Waals surface area contributed by atoms with E-state index in [2.05, 4.69) is 29.2 Å². The largest absolute Gasteiger partial charge is 0.493 e. The van der Waals surface area contributed by atoms with Crippen LogP contribution in [0.3, 0.4) is 0 Å². The Morgan fingerprint density at radius 1 is 1.06 bits per heavy atom. The van der Waals surface area contributed by atoms with Crippen molar-refractivity contribution < 1.29 is 19.0 Å². The van der Waals surface area contributed by atoms with Gasteiger partial charge in [0.05, 0.1) is 31.9 Å². The molecule has 0 aliphatic carbocycles. The lowest BCUT2D eigenvalue weighted by molar-refractivity contribution is 0.103. The van der Waals surface area contributed by atoms with E-state index < -0.39 is 0 Å². The second kappa shape index (κ2) is 8.99. The van der Waals surface area contributed by atoms with Crippen molar-refractivity contribution in [3.8, 4) is 17.2 Å². The van der Waals surface area contributed by atoms with Gasteiger partial charge in [0.25, 0.3) is 0 Å². The van der Waals surface area contributed by atoms with Gasteiger partial charge < -0.3 is 19.9 Å². The van der Waals surface area contributed by atoms with Crippen molar-refractivity contribution in [1.29, 1.82) is 0 Å². The number of carbonyl (C=O) groups is 1. The highest BCUT2D eigenvalue weighted by Crippen LogP contribution is 2.41. The van der Waals surface area contributed by atoms with Gasteiger partial charge in [0.15, 0.2) is 17.3 Å². The molecule has 31 heavy (non-hydrogen) atoms. The molecule has 0 amide bonds. The molecular formula is C24H26N2O4S. The molecular weight excluding hydrogens is 412 g/mol. The summed E-state index contributed by atoms with van der Waals surface area (Å²) >= 11 is 1.51. The van der Waals surface area contributed by atoms with Crippen LogP contribution in [0.15, 0.2) is 42.5 Å². The summed E-state index contributed by atoms with van der Waals surface area (Å²) in [6.07, 6.45) is 0.793. The van der Waals surface area contributed by atoms with Gasteiger partial charge in [0.2, 0.25) is 5.75 Å². The molecule has 3 aromatic rings. The minimum absolute atomic E-state index is 0.120. The zero-order valence-electron chi connectivity index (χ0n) is 17.9. The maximum atomic E-state index is 13.5. The lowest BCUT2D eigenvalue weighted by atomic mass is 9.95. The lowest BCUT2D eigenvalue weighted by Crippen LogP contribution is -2.29. The minimum atomic E-state index is -0.120. The molecule has 1 aliphatic rings. The van der Waals surface area contributed by atoms with Crippen LogP contribution < -0.4 is 19.9 Å². The Kier molecular flexibility index (Phi) is 6.15. The highest BCUT2D eigenvalue weighted by atomic mass is 32.1. The molecule has 0 radical (unpaired) electrons. The smallest absolute Gasteiger partial charge is 0.203 e. The first-order valence-corrected chi connectivity index (χ1v) is 10.9. The summed E-state index contributed by atoms with van der Waals surface area (Å²) in [6, 6.07) is 13.8. The van der Waals surface area contributed by atoms with Crippen LogP contribution in [0.5, 0.6) is 17.2 Å². The molecule has 1 aliphatic heterocycles. The van der Waals surface area contributed by atoms with Gasteiger partial charge in [-0.2, -0.15) is 0 Å². The van der Waals surface area contributed by atoms with E-state index in [4.69, 9.17) is 19.9 Å². The number of carbonyl (C=O) groups excluding carboxylic acids is 1. The zero-order valence-corrected chi connectivity index (χ0v) is 18.8. The van der Waals surface area contributed by atoms with Crippen LogP contribution in [0.1, 0.15) is 31.9 Å². The molecule has 162 valence electrons. The van der Waals surface area contributed by atoms with Gasteiger partial charge in [-0.1, -0.05) is 30.3 Å². The maximum absolute atomic E-state index is 13.5. The molecule has 2 aromatic carbocycles. The van der Waals surface area contributed by atoms with E-state index in [0.29, 0.717) is 33.4 Å². The van der Waals surface area contributed by atoms with Crippen LogP contribution in [0.4, 0.5) is 5.00 Å². The Morgan fingerprint density at radius 3 is 2.35 bits per heavy atom. The Labute approximate surface area is 186 Å². The van der Waals surface area contributed by atoms with Crippen LogP contribution in [0, 0.1) is 0 Å². The molecule has 2 heterocycles. The van der Waals surface area contributed by atoms with Crippen LogP contribution in [-0.4, -0.2) is 38.6 Å². The van der Waals surface area contributed by atoms with E-state index in [-0.39, 0.29) is 5.78 Å². The summed E-state index contributed by atoms with van der Waals surface area (Å²) in [4.78, 5) is 17.0. The average Bonchev–Trinajstić information content (AvgIpc) is 3.12. The molecule has 0 saturated carbocycles. The van der Waals surface area contributed by atoms with Crippen molar-refractivity contribution in [2.75, 3.05) is 33.6 Å². The number of nitrogens with two attached hydrogens (primary N) is 1. The topological polar surface area (TPSA) is 74.0 Å². The summed E-state index contributed by atoms with van der Waals surface area (Å²) in [6.45, 7) is 2.56. The summed E-state index contributed by atoms with van der Waals surface area (Å²) in [5.74, 6) is 1.23. The van der Waals surface area contributed by atoms with Gasteiger partial charge in [-0.3, -0.25) is 9.69 Å². The molecule has 0 unspecified atom stereocenters. The monoisotopic (exact) mass is 438 g/mol. The molecule has 4 rings (SSSR count). The summed E-state index contributed by atoms with van der Waals surface area (Å²) in [5, 5.41) is 0.560. The summed E-state index contributed by atoms with van der Waals surface area (Å²) in [5.41, 5.74) is 9.76. The van der Waals surface area contributed by atoms with E-state index in [9.17, 15) is 4.79 Å². The number of ether oxygens (including phenoxy) is 3. The first-order valence-electron chi connectivity index (χ1n) is 10.1. The van der Waals surface area contributed by atoms with E-state index in [1.807, 2.05) is 6.07 Å². The van der Waals surface area contributed by atoms with Crippen LogP contribution in [0.25, 0.3) is 0 Å². The van der Waals surface area contributed by atoms with Gasteiger partial charge in [0, 0.05) is 30.1 Å². The number of nitrogens with zero attached hydrogens (tertiary/aromatic N) is 1. The second-order valence-corrected chi connectivity index (χ2v) is 8.57. The number of ketones is 1. The Balaban J connectivity index is 1.63. The fourth-order valence-electron chi connectivity index (χ4n) is 4.06. The number of nitrogen functional groups attached to an aromatic ring is 1. The number of hydrogen-bond acceptors (Lipinski definition) is 7. The van der Waals surface area contributed by atoms with Gasteiger partial charge in [0.1, 0.15) is 0 Å². The first-order chi connectivity index (χ1) is 15.0. The molecule has 0 atom stereocenters. The highest BCUT2D eigenvalue weighted by Gasteiger charge is 2.28. The number of rotatable bonds is 7. The second-order valence-electron chi connectivity index (χ2n) is 7.43. The third-order valence-electron chi connectivity index (χ3n) is 5.57. The number of benzene rings is 2. The molecule has 0 saturated heterocycles. The van der Waals surface area contributed by atoms with E-state index in [1.165, 1.54) is 38.2 Å². The molecule has 0 spiro atoms. The van der Waals surface area contributed by atoms with E-state index >= 15 is 0 Å². The number of fused-ring (bicyclic) bond motifs is 1. The number of methoxy groups -OCH3 is 3. The van der Waals surface area contributed by atoms with Crippen LogP contribution in [0.2, 0.25) is 0 Å². The van der Waals surface area contributed by atoms with Crippen molar-refractivity contribution in [3.05, 3.63) is 69.6 Å². The van der Waals surface area contributed by atoms with Gasteiger partial charge in [-0.05, 0) is 29.7 Å². The predicted octanol–water partition coefficient (Wildman–Crippen LogP) is 4.15. The van der Waals surface area contributed by atoms with Gasteiger partial charge in [-0.25, -0.2) is 0 Å². The normalized spacial score (nSPS) is 13.5. The van der Waals surface area contributed by atoms with Crippen molar-refractivity contribution in [3.63, 3.8) is 0 Å². The average molecular weight is 439 g/mol. The molecule has 6 nitrogen and oxygen atoms in total. The molecule has 2 N–H and O–H groups in total. The SMILES string of the molecule is COc1cc(C(=O)c2c(N)sc3c2CCN(Cc2ccccc2)C3)cc(OC)c1OC. The van der Waals surface area contributed by atoms with Crippen molar-refractivity contribution >= 4 is 22.1 Å². The quantitative estimate of drug-likeness (QED) is 0.559. The van der Waals surface area contributed by atoms with Crippen LogP contribution in [-0.2, 0) is 19.5 Å². The Hall–Kier alpha value is -3.03. The zero-order chi connectivity index (χ0) is 22.0. The molecule has 0 bridgehead atoms. The summed E-state index contributed by atoms with van der Waals surface area (Å²) in [7, 11) is 4.61. The molecule has 0 fully saturated rings. The Morgan fingerprint density at radius 2 is 1.74 bits per heavy atom. The van der Waals surface area contributed by atoms with Crippen molar-refractivity contribution in [2.45, 2.75) is 19.5 Å². The van der Waals surface area contributed by atoms with E-state index in [0.717, 1.165) is 36.5 Å². The van der Waals surface area contributed by atoms with Crippen LogP contribution >= 0.6 is 11.3 Å². The molecule has 1 aromatic heterocycles.